The van der Waals surface area contributed by atoms with E-state index in [0.29, 0.717) is 35.9 Å². The molecule has 0 radical (unpaired) electrons. The van der Waals surface area contributed by atoms with Crippen molar-refractivity contribution in [3.63, 3.8) is 0 Å². The van der Waals surface area contributed by atoms with E-state index in [0.717, 1.165) is 12.1 Å². The van der Waals surface area contributed by atoms with E-state index in [4.69, 9.17) is 5.11 Å². The molecule has 4 nitrogen and oxygen atoms in total. The van der Waals surface area contributed by atoms with Gasteiger partial charge in [0.1, 0.15) is 11.6 Å². The monoisotopic (exact) mass is 311 g/mol. The van der Waals surface area contributed by atoms with Crippen LogP contribution in [0.15, 0.2) is 30.3 Å². The summed E-state index contributed by atoms with van der Waals surface area (Å²) in [6.07, 6.45) is -3.83. The molecule has 22 heavy (non-hydrogen) atoms. The minimum absolute atomic E-state index is 0.0531. The van der Waals surface area contributed by atoms with Crippen LogP contribution in [0, 0.1) is 6.92 Å². The first-order valence-electron chi connectivity index (χ1n) is 6.78. The van der Waals surface area contributed by atoms with Crippen molar-refractivity contribution in [2.75, 3.05) is 18.5 Å². The van der Waals surface area contributed by atoms with Gasteiger partial charge < -0.3 is 10.4 Å². The summed E-state index contributed by atoms with van der Waals surface area (Å²) in [4.78, 5) is 8.36. The molecule has 1 aromatic carbocycles. The first-order valence-corrected chi connectivity index (χ1v) is 6.78. The molecule has 0 amide bonds. The van der Waals surface area contributed by atoms with Gasteiger partial charge in [-0.3, -0.25) is 0 Å². The zero-order valence-corrected chi connectivity index (χ0v) is 12.0. The number of nitrogens with one attached hydrogen (secondary N) is 1. The fourth-order valence-corrected chi connectivity index (χ4v) is 1.96. The first kappa shape index (κ1) is 16.2. The van der Waals surface area contributed by atoms with Crippen molar-refractivity contribution in [1.82, 2.24) is 9.97 Å². The summed E-state index contributed by atoms with van der Waals surface area (Å²) in [5, 5.41) is 11.8. The maximum Gasteiger partial charge on any atom is 0.416 e. The van der Waals surface area contributed by atoms with E-state index in [1.54, 1.807) is 19.1 Å². The quantitative estimate of drug-likeness (QED) is 0.832. The second-order valence-electron chi connectivity index (χ2n) is 4.77. The Kier molecular flexibility index (Phi) is 4.97. The average Bonchev–Trinajstić information content (AvgIpc) is 2.46. The van der Waals surface area contributed by atoms with Gasteiger partial charge >= 0.3 is 6.18 Å². The predicted octanol–water partition coefficient (Wildman–Crippen LogP) is 3.27. The van der Waals surface area contributed by atoms with Crippen LogP contribution in [0.2, 0.25) is 0 Å². The molecule has 0 aliphatic rings. The third kappa shape index (κ3) is 4.17. The summed E-state index contributed by atoms with van der Waals surface area (Å²) < 4.78 is 38.3. The number of hydrogen-bond acceptors (Lipinski definition) is 4. The molecule has 0 unspecified atom stereocenters. The van der Waals surface area contributed by atoms with Crippen LogP contribution in [0.25, 0.3) is 11.3 Å². The number of benzene rings is 1. The van der Waals surface area contributed by atoms with Gasteiger partial charge in [-0.1, -0.05) is 12.1 Å². The van der Waals surface area contributed by atoms with Gasteiger partial charge in [-0.05, 0) is 25.5 Å². The van der Waals surface area contributed by atoms with Gasteiger partial charge in [-0.25, -0.2) is 9.97 Å². The summed E-state index contributed by atoms with van der Waals surface area (Å²) >= 11 is 0. The fraction of sp³-hybridized carbons (Fsp3) is 0.333. The molecule has 2 rings (SSSR count). The Hall–Kier alpha value is -2.15. The Morgan fingerprint density at radius 3 is 2.64 bits per heavy atom. The molecule has 0 spiro atoms. The van der Waals surface area contributed by atoms with Crippen molar-refractivity contribution in [1.29, 1.82) is 0 Å². The lowest BCUT2D eigenvalue weighted by atomic mass is 10.1. The number of rotatable bonds is 5. The molecule has 1 heterocycles. The Bertz CT molecular complexity index is 644. The van der Waals surface area contributed by atoms with Crippen molar-refractivity contribution >= 4 is 5.82 Å². The van der Waals surface area contributed by atoms with E-state index in [9.17, 15) is 13.2 Å². The number of hydrogen-bond donors (Lipinski definition) is 2. The molecule has 0 atom stereocenters. The van der Waals surface area contributed by atoms with Crippen LogP contribution in [0.5, 0.6) is 0 Å². The minimum Gasteiger partial charge on any atom is -0.396 e. The van der Waals surface area contributed by atoms with Crippen LogP contribution < -0.4 is 5.32 Å². The van der Waals surface area contributed by atoms with Crippen LogP contribution in [0.1, 0.15) is 17.8 Å². The molecule has 0 aliphatic heterocycles. The first-order chi connectivity index (χ1) is 10.4. The topological polar surface area (TPSA) is 58.0 Å². The van der Waals surface area contributed by atoms with Crippen LogP contribution in [0.4, 0.5) is 19.0 Å². The normalized spacial score (nSPS) is 11.5. The highest BCUT2D eigenvalue weighted by Gasteiger charge is 2.30. The third-order valence-corrected chi connectivity index (χ3v) is 2.96. The van der Waals surface area contributed by atoms with Crippen LogP contribution in [-0.4, -0.2) is 28.2 Å². The molecule has 0 saturated heterocycles. The Balaban J connectivity index is 2.32. The van der Waals surface area contributed by atoms with Crippen LogP contribution in [-0.2, 0) is 6.18 Å². The molecule has 2 aromatic rings. The number of anilines is 1. The summed E-state index contributed by atoms with van der Waals surface area (Å²) in [6, 6.07) is 6.63. The van der Waals surface area contributed by atoms with Crippen LogP contribution in [0.3, 0.4) is 0 Å². The van der Waals surface area contributed by atoms with Gasteiger partial charge in [0.2, 0.25) is 0 Å². The lowest BCUT2D eigenvalue weighted by molar-refractivity contribution is -0.137. The molecular weight excluding hydrogens is 295 g/mol. The largest absolute Gasteiger partial charge is 0.416 e. The fourth-order valence-electron chi connectivity index (χ4n) is 1.96. The summed E-state index contributed by atoms with van der Waals surface area (Å²) in [6.45, 7) is 2.25. The van der Waals surface area contributed by atoms with Crippen molar-refractivity contribution in [3.05, 3.63) is 41.7 Å². The maximum atomic E-state index is 12.8. The lowest BCUT2D eigenvalue weighted by Gasteiger charge is -2.10. The standard InChI is InChI=1S/C15H16F3N3O/c1-10-20-13(9-14(21-10)19-6-3-7-22)11-4-2-5-12(8-11)15(16,17)18/h2,4-5,8-9,22H,3,6-7H2,1H3,(H,19,20,21). The third-order valence-electron chi connectivity index (χ3n) is 2.96. The molecule has 2 N–H and O–H groups in total. The average molecular weight is 311 g/mol. The summed E-state index contributed by atoms with van der Waals surface area (Å²) in [5.74, 6) is 0.981. The van der Waals surface area contributed by atoms with Gasteiger partial charge in [0.25, 0.3) is 0 Å². The zero-order valence-electron chi connectivity index (χ0n) is 12.0. The molecule has 0 saturated carbocycles. The molecule has 1 aromatic heterocycles. The highest BCUT2D eigenvalue weighted by atomic mass is 19.4. The van der Waals surface area contributed by atoms with Crippen molar-refractivity contribution in [3.8, 4) is 11.3 Å². The van der Waals surface area contributed by atoms with Gasteiger partial charge in [-0.2, -0.15) is 13.2 Å². The zero-order chi connectivity index (χ0) is 16.2. The second-order valence-corrected chi connectivity index (χ2v) is 4.77. The van der Waals surface area contributed by atoms with E-state index < -0.39 is 11.7 Å². The van der Waals surface area contributed by atoms with E-state index >= 15 is 0 Å². The molecule has 0 bridgehead atoms. The Labute approximate surface area is 126 Å². The number of alkyl halides is 3. The van der Waals surface area contributed by atoms with E-state index in [2.05, 4.69) is 15.3 Å². The molecular formula is C15H16F3N3O. The van der Waals surface area contributed by atoms with E-state index in [1.807, 2.05) is 0 Å². The van der Waals surface area contributed by atoms with E-state index in [-0.39, 0.29) is 6.61 Å². The van der Waals surface area contributed by atoms with E-state index in [1.165, 1.54) is 6.07 Å². The van der Waals surface area contributed by atoms with Gasteiger partial charge in [0.15, 0.2) is 0 Å². The van der Waals surface area contributed by atoms with Gasteiger partial charge in [-0.15, -0.1) is 0 Å². The van der Waals surface area contributed by atoms with Crippen LogP contribution >= 0.6 is 0 Å². The van der Waals surface area contributed by atoms with Crippen molar-refractivity contribution in [2.45, 2.75) is 19.5 Å². The summed E-state index contributed by atoms with van der Waals surface area (Å²) in [5.41, 5.74) is 0.0895. The number of aromatic nitrogens is 2. The number of aliphatic hydroxyl groups is 1. The highest BCUT2D eigenvalue weighted by molar-refractivity contribution is 5.63. The number of aliphatic hydroxyl groups excluding tert-OH is 1. The van der Waals surface area contributed by atoms with Gasteiger partial charge in [0.05, 0.1) is 11.3 Å². The Morgan fingerprint density at radius 1 is 1.18 bits per heavy atom. The molecule has 7 heteroatoms. The minimum atomic E-state index is -4.39. The molecule has 0 aliphatic carbocycles. The number of aryl methyl sites for hydroxylation is 1. The highest BCUT2D eigenvalue weighted by Crippen LogP contribution is 2.32. The van der Waals surface area contributed by atoms with Crippen molar-refractivity contribution in [2.24, 2.45) is 0 Å². The lowest BCUT2D eigenvalue weighted by Crippen LogP contribution is -2.07. The Morgan fingerprint density at radius 2 is 1.95 bits per heavy atom. The maximum absolute atomic E-state index is 12.8. The second kappa shape index (κ2) is 6.74. The van der Waals surface area contributed by atoms with Gasteiger partial charge in [0, 0.05) is 24.8 Å². The van der Waals surface area contributed by atoms with Crippen molar-refractivity contribution < 1.29 is 18.3 Å². The predicted molar refractivity (Wildman–Crippen MR) is 77.4 cm³/mol. The number of halogens is 3. The molecule has 0 fully saturated rings. The summed E-state index contributed by atoms with van der Waals surface area (Å²) in [7, 11) is 0. The smallest absolute Gasteiger partial charge is 0.396 e. The SMILES string of the molecule is Cc1nc(NCCCO)cc(-c2cccc(C(F)(F)F)c2)n1. The molecule has 118 valence electrons. The number of nitrogens with zero attached hydrogens (tertiary/aromatic N) is 2.